The largest absolute Gasteiger partial charge is 0.443 e. The van der Waals surface area contributed by atoms with Crippen LogP contribution in [0.4, 0.5) is 4.79 Å². The normalized spacial score (nSPS) is 24.6. The third-order valence-electron chi connectivity index (χ3n) is 2.66. The average molecular weight is 210 g/mol. The van der Waals surface area contributed by atoms with Gasteiger partial charge in [-0.05, 0) is 27.2 Å². The molecule has 15 heavy (non-hydrogen) atoms. The summed E-state index contributed by atoms with van der Waals surface area (Å²) in [6.45, 7) is 7.40. The molecular formula is C11H18N2O2. The molecule has 2 aliphatic heterocycles. The Morgan fingerprint density at radius 1 is 1.60 bits per heavy atom. The lowest BCUT2D eigenvalue weighted by Gasteiger charge is -2.24. The van der Waals surface area contributed by atoms with Gasteiger partial charge in [0.15, 0.2) is 0 Å². The molecule has 0 aromatic carbocycles. The van der Waals surface area contributed by atoms with E-state index in [-0.39, 0.29) is 6.09 Å². The van der Waals surface area contributed by atoms with Crippen LogP contribution < -0.4 is 5.32 Å². The number of nitrogens with zero attached hydrogens (tertiary/aromatic N) is 1. The highest BCUT2D eigenvalue weighted by Gasteiger charge is 2.36. The van der Waals surface area contributed by atoms with Crippen LogP contribution in [0.15, 0.2) is 11.9 Å². The number of hydrogen-bond acceptors (Lipinski definition) is 3. The fraction of sp³-hybridized carbons (Fsp3) is 0.727. The number of carbonyl (C=O) groups excluding carboxylic acids is 1. The minimum Gasteiger partial charge on any atom is -0.443 e. The van der Waals surface area contributed by atoms with Crippen molar-refractivity contribution in [1.82, 2.24) is 10.2 Å². The maximum atomic E-state index is 11.8. The summed E-state index contributed by atoms with van der Waals surface area (Å²) in [7, 11) is 0. The van der Waals surface area contributed by atoms with E-state index in [2.05, 4.69) is 5.32 Å². The van der Waals surface area contributed by atoms with Gasteiger partial charge in [0.2, 0.25) is 0 Å². The fourth-order valence-electron chi connectivity index (χ4n) is 2.00. The second-order valence-corrected chi connectivity index (χ2v) is 5.10. The molecule has 4 nitrogen and oxygen atoms in total. The van der Waals surface area contributed by atoms with Gasteiger partial charge in [-0.25, -0.2) is 4.79 Å². The number of fused-ring (bicyclic) bond motifs is 1. The number of amides is 1. The van der Waals surface area contributed by atoms with Crippen LogP contribution in [0.2, 0.25) is 0 Å². The van der Waals surface area contributed by atoms with Crippen molar-refractivity contribution in [2.24, 2.45) is 5.92 Å². The van der Waals surface area contributed by atoms with Gasteiger partial charge in [0, 0.05) is 30.9 Å². The molecule has 0 aromatic heterocycles. The van der Waals surface area contributed by atoms with Crippen molar-refractivity contribution in [2.45, 2.75) is 32.8 Å². The Hall–Kier alpha value is -1.19. The molecule has 0 saturated carbocycles. The highest BCUT2D eigenvalue weighted by molar-refractivity contribution is 5.71. The second-order valence-electron chi connectivity index (χ2n) is 5.10. The Balaban J connectivity index is 2.03. The zero-order valence-electron chi connectivity index (χ0n) is 9.54. The second kappa shape index (κ2) is 3.43. The van der Waals surface area contributed by atoms with E-state index < -0.39 is 5.60 Å². The lowest BCUT2D eigenvalue weighted by atomic mass is 10.1. The molecular weight excluding hydrogens is 192 g/mol. The predicted molar refractivity (Wildman–Crippen MR) is 57.1 cm³/mol. The van der Waals surface area contributed by atoms with E-state index in [4.69, 9.17) is 4.74 Å². The van der Waals surface area contributed by atoms with Crippen molar-refractivity contribution >= 4 is 6.09 Å². The summed E-state index contributed by atoms with van der Waals surface area (Å²) < 4.78 is 5.35. The summed E-state index contributed by atoms with van der Waals surface area (Å²) in [4.78, 5) is 13.6. The first-order chi connectivity index (χ1) is 6.97. The molecule has 1 amide bonds. The SMILES string of the molecule is CC(C)(C)OC(=O)N1CCC2CNC=C21. The molecule has 1 fully saturated rings. The van der Waals surface area contributed by atoms with E-state index in [1.165, 1.54) is 0 Å². The number of nitrogens with one attached hydrogen (secondary N) is 1. The van der Waals surface area contributed by atoms with Crippen LogP contribution in [0.5, 0.6) is 0 Å². The van der Waals surface area contributed by atoms with Gasteiger partial charge in [-0.3, -0.25) is 4.90 Å². The molecule has 0 radical (unpaired) electrons. The maximum absolute atomic E-state index is 11.8. The first kappa shape index (κ1) is 10.3. The average Bonchev–Trinajstić information content (AvgIpc) is 2.57. The molecule has 1 N–H and O–H groups in total. The molecule has 2 heterocycles. The standard InChI is InChI=1S/C11H18N2O2/c1-11(2,3)15-10(14)13-5-4-8-6-12-7-9(8)13/h7-8,12H,4-6H2,1-3H3. The topological polar surface area (TPSA) is 41.6 Å². The van der Waals surface area contributed by atoms with Crippen molar-refractivity contribution in [1.29, 1.82) is 0 Å². The van der Waals surface area contributed by atoms with Gasteiger partial charge in [-0.2, -0.15) is 0 Å². The van der Waals surface area contributed by atoms with E-state index in [1.807, 2.05) is 27.0 Å². The van der Waals surface area contributed by atoms with Crippen LogP contribution >= 0.6 is 0 Å². The van der Waals surface area contributed by atoms with Gasteiger partial charge >= 0.3 is 6.09 Å². The van der Waals surface area contributed by atoms with Crippen molar-refractivity contribution in [3.05, 3.63) is 11.9 Å². The van der Waals surface area contributed by atoms with Crippen molar-refractivity contribution in [2.75, 3.05) is 13.1 Å². The summed E-state index contributed by atoms with van der Waals surface area (Å²) in [5, 5.41) is 3.16. The van der Waals surface area contributed by atoms with Crippen LogP contribution in [0.3, 0.4) is 0 Å². The van der Waals surface area contributed by atoms with Crippen LogP contribution in [0.1, 0.15) is 27.2 Å². The number of ether oxygens (including phenoxy) is 1. The van der Waals surface area contributed by atoms with Crippen molar-refractivity contribution in [3.63, 3.8) is 0 Å². The fourth-order valence-corrected chi connectivity index (χ4v) is 2.00. The highest BCUT2D eigenvalue weighted by Crippen LogP contribution is 2.31. The Morgan fingerprint density at radius 2 is 2.33 bits per heavy atom. The zero-order valence-corrected chi connectivity index (χ0v) is 9.54. The molecule has 2 aliphatic rings. The molecule has 84 valence electrons. The summed E-state index contributed by atoms with van der Waals surface area (Å²) in [6, 6.07) is 0. The summed E-state index contributed by atoms with van der Waals surface area (Å²) in [5.74, 6) is 0.498. The molecule has 0 aliphatic carbocycles. The lowest BCUT2D eigenvalue weighted by molar-refractivity contribution is 0.0337. The molecule has 0 spiro atoms. The predicted octanol–water partition coefficient (Wildman–Crippen LogP) is 1.69. The first-order valence-electron chi connectivity index (χ1n) is 5.41. The molecule has 1 unspecified atom stereocenters. The van der Waals surface area contributed by atoms with Gasteiger partial charge in [-0.1, -0.05) is 0 Å². The Labute approximate surface area is 90.3 Å². The van der Waals surface area contributed by atoms with Crippen LogP contribution in [0, 0.1) is 5.92 Å². The maximum Gasteiger partial charge on any atom is 0.414 e. The van der Waals surface area contributed by atoms with Crippen LogP contribution in [-0.4, -0.2) is 29.7 Å². The van der Waals surface area contributed by atoms with Gasteiger partial charge in [0.05, 0.1) is 0 Å². The zero-order chi connectivity index (χ0) is 11.1. The van der Waals surface area contributed by atoms with Crippen molar-refractivity contribution in [3.8, 4) is 0 Å². The lowest BCUT2D eigenvalue weighted by Crippen LogP contribution is -2.34. The van der Waals surface area contributed by atoms with Crippen LogP contribution in [-0.2, 0) is 4.74 Å². The van der Waals surface area contributed by atoms with Gasteiger partial charge in [-0.15, -0.1) is 0 Å². The van der Waals surface area contributed by atoms with E-state index in [0.717, 1.165) is 25.2 Å². The Bertz CT molecular complexity index is 304. The Kier molecular flexibility index (Phi) is 2.37. The number of rotatable bonds is 0. The molecule has 1 atom stereocenters. The minimum atomic E-state index is -0.415. The third kappa shape index (κ3) is 2.08. The molecule has 4 heteroatoms. The molecule has 2 rings (SSSR count). The van der Waals surface area contributed by atoms with E-state index in [1.54, 1.807) is 4.90 Å². The number of carbonyl (C=O) groups is 1. The van der Waals surface area contributed by atoms with Gasteiger partial charge in [0.1, 0.15) is 5.60 Å². The van der Waals surface area contributed by atoms with Crippen LogP contribution in [0.25, 0.3) is 0 Å². The summed E-state index contributed by atoms with van der Waals surface area (Å²) in [6.07, 6.45) is 2.75. The number of hydrogen-bond donors (Lipinski definition) is 1. The molecule has 1 saturated heterocycles. The van der Waals surface area contributed by atoms with E-state index in [0.29, 0.717) is 5.92 Å². The number of likely N-dealkylation sites (tertiary alicyclic amines) is 1. The quantitative estimate of drug-likeness (QED) is 0.661. The first-order valence-corrected chi connectivity index (χ1v) is 5.41. The molecule has 0 aromatic rings. The van der Waals surface area contributed by atoms with Gasteiger partial charge in [0.25, 0.3) is 0 Å². The van der Waals surface area contributed by atoms with E-state index >= 15 is 0 Å². The highest BCUT2D eigenvalue weighted by atomic mass is 16.6. The van der Waals surface area contributed by atoms with Gasteiger partial charge < -0.3 is 10.1 Å². The smallest absolute Gasteiger partial charge is 0.414 e. The monoisotopic (exact) mass is 210 g/mol. The molecule has 0 bridgehead atoms. The minimum absolute atomic E-state index is 0.222. The summed E-state index contributed by atoms with van der Waals surface area (Å²) in [5.41, 5.74) is 0.672. The summed E-state index contributed by atoms with van der Waals surface area (Å²) >= 11 is 0. The van der Waals surface area contributed by atoms with Crippen molar-refractivity contribution < 1.29 is 9.53 Å². The van der Waals surface area contributed by atoms with E-state index in [9.17, 15) is 4.79 Å². The third-order valence-corrected chi connectivity index (χ3v) is 2.66. The Morgan fingerprint density at radius 3 is 3.00 bits per heavy atom.